The van der Waals surface area contributed by atoms with E-state index in [0.29, 0.717) is 49.2 Å². The van der Waals surface area contributed by atoms with Gasteiger partial charge in [0.05, 0.1) is 24.5 Å². The lowest BCUT2D eigenvalue weighted by atomic mass is 10.1. The van der Waals surface area contributed by atoms with Gasteiger partial charge in [-0.25, -0.2) is 0 Å². The summed E-state index contributed by atoms with van der Waals surface area (Å²) in [5.41, 5.74) is 1.71. The number of amides is 1. The first-order chi connectivity index (χ1) is 15.1. The zero-order valence-corrected chi connectivity index (χ0v) is 18.8. The zero-order valence-electron chi connectivity index (χ0n) is 18.0. The number of carbonyl (C=O) groups is 1. The van der Waals surface area contributed by atoms with Crippen LogP contribution < -0.4 is 14.8 Å². The van der Waals surface area contributed by atoms with Gasteiger partial charge in [0.25, 0.3) is 5.91 Å². The summed E-state index contributed by atoms with van der Waals surface area (Å²) in [7, 11) is 0. The Kier molecular flexibility index (Phi) is 8.35. The molecular formula is C23H27N3O4S. The lowest BCUT2D eigenvalue weighted by molar-refractivity contribution is 0.0951. The summed E-state index contributed by atoms with van der Waals surface area (Å²) < 4.78 is 16.3. The number of thioether (sulfide) groups is 1. The van der Waals surface area contributed by atoms with E-state index in [-0.39, 0.29) is 5.91 Å². The molecule has 1 amide bonds. The van der Waals surface area contributed by atoms with Gasteiger partial charge in [-0.15, -0.1) is 11.8 Å². The second-order valence-electron chi connectivity index (χ2n) is 6.67. The highest BCUT2D eigenvalue weighted by Crippen LogP contribution is 2.29. The van der Waals surface area contributed by atoms with Crippen molar-refractivity contribution >= 4 is 17.7 Å². The van der Waals surface area contributed by atoms with Crippen LogP contribution in [0.4, 0.5) is 0 Å². The van der Waals surface area contributed by atoms with Gasteiger partial charge in [0.15, 0.2) is 17.3 Å². The fourth-order valence-electron chi connectivity index (χ4n) is 2.99. The van der Waals surface area contributed by atoms with E-state index >= 15 is 0 Å². The fourth-order valence-corrected chi connectivity index (χ4v) is 3.88. The second-order valence-corrected chi connectivity index (χ2v) is 7.68. The van der Waals surface area contributed by atoms with Gasteiger partial charge < -0.3 is 19.3 Å². The van der Waals surface area contributed by atoms with Crippen LogP contribution in [0.15, 0.2) is 51.9 Å². The standard InChI is InChI=1S/C23H27N3O4S/c1-4-28-19-11-10-17(14-20(19)29-5-2)12-13-24-23(27)18-8-6-7-9-21(18)31-15-22-25-16(3)30-26-22/h6-11,14H,4-5,12-13,15H2,1-3H3,(H,24,27). The molecule has 0 aliphatic carbocycles. The first-order valence-electron chi connectivity index (χ1n) is 10.3. The van der Waals surface area contributed by atoms with Gasteiger partial charge in [-0.3, -0.25) is 4.79 Å². The molecule has 1 N–H and O–H groups in total. The van der Waals surface area contributed by atoms with E-state index in [9.17, 15) is 4.79 Å². The normalized spacial score (nSPS) is 10.7. The Labute approximate surface area is 186 Å². The summed E-state index contributed by atoms with van der Waals surface area (Å²) in [4.78, 5) is 17.8. The van der Waals surface area contributed by atoms with E-state index in [2.05, 4.69) is 15.5 Å². The van der Waals surface area contributed by atoms with Gasteiger partial charge in [-0.05, 0) is 50.1 Å². The van der Waals surface area contributed by atoms with Crippen LogP contribution in [0.2, 0.25) is 0 Å². The van der Waals surface area contributed by atoms with Crippen molar-refractivity contribution in [1.29, 1.82) is 0 Å². The topological polar surface area (TPSA) is 86.5 Å². The minimum atomic E-state index is -0.108. The highest BCUT2D eigenvalue weighted by Gasteiger charge is 2.13. The Morgan fingerprint density at radius 1 is 1.10 bits per heavy atom. The Balaban J connectivity index is 1.58. The summed E-state index contributed by atoms with van der Waals surface area (Å²) in [5.74, 6) is 3.03. The van der Waals surface area contributed by atoms with Crippen molar-refractivity contribution in [3.63, 3.8) is 0 Å². The van der Waals surface area contributed by atoms with Crippen LogP contribution in [-0.2, 0) is 12.2 Å². The van der Waals surface area contributed by atoms with E-state index in [1.54, 1.807) is 6.92 Å². The molecule has 8 heteroatoms. The lowest BCUT2D eigenvalue weighted by Gasteiger charge is -2.13. The number of hydrogen-bond acceptors (Lipinski definition) is 7. The van der Waals surface area contributed by atoms with Crippen molar-refractivity contribution in [2.45, 2.75) is 37.8 Å². The monoisotopic (exact) mass is 441 g/mol. The minimum absolute atomic E-state index is 0.108. The van der Waals surface area contributed by atoms with Crippen molar-refractivity contribution in [3.8, 4) is 11.5 Å². The van der Waals surface area contributed by atoms with Crippen LogP contribution in [-0.4, -0.2) is 35.8 Å². The first-order valence-corrected chi connectivity index (χ1v) is 11.3. The Bertz CT molecular complexity index is 1010. The fraction of sp³-hybridized carbons (Fsp3) is 0.348. The van der Waals surface area contributed by atoms with E-state index < -0.39 is 0 Å². The third kappa shape index (κ3) is 6.49. The SMILES string of the molecule is CCOc1ccc(CCNC(=O)c2ccccc2SCc2noc(C)n2)cc1OCC. The van der Waals surface area contributed by atoms with Crippen molar-refractivity contribution in [1.82, 2.24) is 15.5 Å². The van der Waals surface area contributed by atoms with Gasteiger partial charge >= 0.3 is 0 Å². The molecule has 0 unspecified atom stereocenters. The smallest absolute Gasteiger partial charge is 0.252 e. The van der Waals surface area contributed by atoms with Crippen molar-refractivity contribution in [2.24, 2.45) is 0 Å². The van der Waals surface area contributed by atoms with Gasteiger partial charge in [-0.1, -0.05) is 23.4 Å². The molecule has 2 aromatic carbocycles. The molecular weight excluding hydrogens is 414 g/mol. The van der Waals surface area contributed by atoms with Gasteiger partial charge in [0, 0.05) is 18.4 Å². The van der Waals surface area contributed by atoms with Crippen LogP contribution >= 0.6 is 11.8 Å². The number of carbonyl (C=O) groups excluding carboxylic acids is 1. The number of aryl methyl sites for hydroxylation is 1. The molecule has 0 bridgehead atoms. The quantitative estimate of drug-likeness (QED) is 0.440. The summed E-state index contributed by atoms with van der Waals surface area (Å²) in [6, 6.07) is 13.4. The van der Waals surface area contributed by atoms with E-state index in [1.165, 1.54) is 11.8 Å². The molecule has 0 spiro atoms. The summed E-state index contributed by atoms with van der Waals surface area (Å²) in [6.45, 7) is 7.31. The number of nitrogens with one attached hydrogen (secondary N) is 1. The van der Waals surface area contributed by atoms with Gasteiger partial charge in [0.2, 0.25) is 5.89 Å². The van der Waals surface area contributed by atoms with E-state index in [4.69, 9.17) is 14.0 Å². The number of rotatable bonds is 11. The van der Waals surface area contributed by atoms with Crippen molar-refractivity contribution < 1.29 is 18.8 Å². The molecule has 1 heterocycles. The lowest BCUT2D eigenvalue weighted by Crippen LogP contribution is -2.26. The van der Waals surface area contributed by atoms with Crippen molar-refractivity contribution in [3.05, 3.63) is 65.3 Å². The van der Waals surface area contributed by atoms with Gasteiger partial charge in [-0.2, -0.15) is 4.98 Å². The minimum Gasteiger partial charge on any atom is -0.490 e. The average molecular weight is 442 g/mol. The number of aromatic nitrogens is 2. The van der Waals surface area contributed by atoms with Crippen molar-refractivity contribution in [2.75, 3.05) is 19.8 Å². The van der Waals surface area contributed by atoms with Crippen LogP contribution in [0.3, 0.4) is 0 Å². The molecule has 164 valence electrons. The number of nitrogens with zero attached hydrogens (tertiary/aromatic N) is 2. The molecule has 0 atom stereocenters. The second kappa shape index (κ2) is 11.4. The predicted molar refractivity (Wildman–Crippen MR) is 120 cm³/mol. The highest BCUT2D eigenvalue weighted by atomic mass is 32.2. The number of ether oxygens (including phenoxy) is 2. The molecule has 0 aliphatic heterocycles. The number of benzene rings is 2. The third-order valence-corrected chi connectivity index (χ3v) is 5.43. The Hall–Kier alpha value is -3.00. The molecule has 3 aromatic rings. The largest absolute Gasteiger partial charge is 0.490 e. The number of hydrogen-bond donors (Lipinski definition) is 1. The summed E-state index contributed by atoms with van der Waals surface area (Å²) >= 11 is 1.51. The Morgan fingerprint density at radius 2 is 1.87 bits per heavy atom. The molecule has 1 aromatic heterocycles. The summed E-state index contributed by atoms with van der Waals surface area (Å²) in [6.07, 6.45) is 0.690. The molecule has 0 radical (unpaired) electrons. The van der Waals surface area contributed by atoms with Crippen LogP contribution in [0.1, 0.15) is 41.5 Å². The highest BCUT2D eigenvalue weighted by molar-refractivity contribution is 7.98. The molecule has 7 nitrogen and oxygen atoms in total. The third-order valence-electron chi connectivity index (χ3n) is 4.37. The molecule has 3 rings (SSSR count). The van der Waals surface area contributed by atoms with Gasteiger partial charge in [0.1, 0.15) is 0 Å². The van der Waals surface area contributed by atoms with E-state index in [1.807, 2.05) is 56.3 Å². The molecule has 0 saturated carbocycles. The summed E-state index contributed by atoms with van der Waals surface area (Å²) in [5, 5.41) is 6.91. The maximum absolute atomic E-state index is 12.8. The Morgan fingerprint density at radius 3 is 2.61 bits per heavy atom. The molecule has 31 heavy (non-hydrogen) atoms. The van der Waals surface area contributed by atoms with E-state index in [0.717, 1.165) is 22.0 Å². The molecule has 0 aliphatic rings. The molecule has 0 fully saturated rings. The molecule has 0 saturated heterocycles. The van der Waals surface area contributed by atoms with Crippen LogP contribution in [0, 0.1) is 6.92 Å². The van der Waals surface area contributed by atoms with Crippen LogP contribution in [0.25, 0.3) is 0 Å². The van der Waals surface area contributed by atoms with Crippen LogP contribution in [0.5, 0.6) is 11.5 Å². The predicted octanol–water partition coefficient (Wildman–Crippen LogP) is 4.44. The maximum Gasteiger partial charge on any atom is 0.252 e. The first kappa shape index (κ1) is 22.7. The zero-order chi connectivity index (χ0) is 22.1. The average Bonchev–Trinajstić information content (AvgIpc) is 3.19. The maximum atomic E-state index is 12.8.